The lowest BCUT2D eigenvalue weighted by atomic mass is 9.90. The molecule has 0 spiro atoms. The van der Waals surface area contributed by atoms with E-state index in [-0.39, 0.29) is 17.5 Å². The molecule has 4 heteroatoms. The van der Waals surface area contributed by atoms with Crippen LogP contribution >= 0.6 is 0 Å². The maximum atomic E-state index is 14.2. The summed E-state index contributed by atoms with van der Waals surface area (Å²) in [5.74, 6) is 0.103. The second-order valence-electron chi connectivity index (χ2n) is 5.94. The van der Waals surface area contributed by atoms with Gasteiger partial charge in [-0.15, -0.1) is 0 Å². The van der Waals surface area contributed by atoms with Crippen LogP contribution < -0.4 is 10.1 Å². The van der Waals surface area contributed by atoms with Crippen LogP contribution in [0.4, 0.5) is 4.39 Å². The molecule has 1 aromatic carbocycles. The van der Waals surface area contributed by atoms with Crippen LogP contribution in [0.25, 0.3) is 0 Å². The van der Waals surface area contributed by atoms with Gasteiger partial charge in [0.2, 0.25) is 0 Å². The molecule has 1 aromatic rings. The third kappa shape index (κ3) is 2.81. The lowest BCUT2D eigenvalue weighted by Gasteiger charge is -2.27. The topological polar surface area (TPSA) is 30.5 Å². The van der Waals surface area contributed by atoms with Crippen LogP contribution in [0.15, 0.2) is 18.2 Å². The van der Waals surface area contributed by atoms with Crippen molar-refractivity contribution >= 4 is 0 Å². The van der Waals surface area contributed by atoms with Crippen molar-refractivity contribution in [2.75, 3.05) is 19.8 Å². The molecule has 20 heavy (non-hydrogen) atoms. The first-order valence-corrected chi connectivity index (χ1v) is 7.47. The number of halogens is 1. The first-order chi connectivity index (χ1) is 9.67. The molecule has 1 unspecified atom stereocenters. The fourth-order valence-electron chi connectivity index (χ4n) is 3.05. The molecule has 3 rings (SSSR count). The Morgan fingerprint density at radius 3 is 2.80 bits per heavy atom. The normalized spacial score (nSPS) is 27.7. The third-order valence-corrected chi connectivity index (χ3v) is 4.40. The largest absolute Gasteiger partial charge is 0.487 e. The zero-order valence-electron chi connectivity index (χ0n) is 12.0. The van der Waals surface area contributed by atoms with Gasteiger partial charge in [-0.1, -0.05) is 6.07 Å². The highest BCUT2D eigenvalue weighted by atomic mass is 19.1. The summed E-state index contributed by atoms with van der Waals surface area (Å²) in [7, 11) is 0. The monoisotopic (exact) mass is 279 g/mol. The van der Waals surface area contributed by atoms with Gasteiger partial charge < -0.3 is 14.8 Å². The van der Waals surface area contributed by atoms with Gasteiger partial charge in [-0.05, 0) is 44.0 Å². The summed E-state index contributed by atoms with van der Waals surface area (Å²) in [4.78, 5) is 0. The fourth-order valence-corrected chi connectivity index (χ4v) is 3.05. The number of hydrogen-bond donors (Lipinski definition) is 1. The fraction of sp³-hybridized carbons (Fsp3) is 0.625. The molecular weight excluding hydrogens is 257 g/mol. The molecule has 2 heterocycles. The zero-order chi connectivity index (χ0) is 14.0. The van der Waals surface area contributed by atoms with Gasteiger partial charge in [0.1, 0.15) is 6.10 Å². The molecule has 2 aliphatic rings. The number of hydrogen-bond acceptors (Lipinski definition) is 3. The first kappa shape index (κ1) is 13.8. The van der Waals surface area contributed by atoms with Gasteiger partial charge in [0.05, 0.1) is 13.2 Å². The minimum Gasteiger partial charge on any atom is -0.487 e. The van der Waals surface area contributed by atoms with Gasteiger partial charge in [-0.2, -0.15) is 0 Å². The Hall–Kier alpha value is -1.13. The third-order valence-electron chi connectivity index (χ3n) is 4.40. The van der Waals surface area contributed by atoms with E-state index in [0.717, 1.165) is 37.8 Å². The summed E-state index contributed by atoms with van der Waals surface area (Å²) in [6, 6.07) is 5.37. The van der Waals surface area contributed by atoms with Crippen molar-refractivity contribution in [2.24, 2.45) is 0 Å². The summed E-state index contributed by atoms with van der Waals surface area (Å²) < 4.78 is 25.3. The highest BCUT2D eigenvalue weighted by molar-refractivity contribution is 5.34. The van der Waals surface area contributed by atoms with Crippen molar-refractivity contribution in [3.8, 4) is 5.75 Å². The maximum Gasteiger partial charge on any atom is 0.165 e. The molecule has 2 fully saturated rings. The van der Waals surface area contributed by atoms with E-state index >= 15 is 0 Å². The molecule has 110 valence electrons. The van der Waals surface area contributed by atoms with Crippen LogP contribution in [0.3, 0.4) is 0 Å². The van der Waals surface area contributed by atoms with E-state index < -0.39 is 0 Å². The standard InChI is InChI=1S/C16H22FNO2/c1-16(7-2-8-18-16)12-3-4-15(14(17)11-12)20-13-5-9-19-10-6-13/h3-4,11,13,18H,2,5-10H2,1H3. The molecule has 0 bridgehead atoms. The summed E-state index contributed by atoms with van der Waals surface area (Å²) in [5, 5.41) is 3.45. The summed E-state index contributed by atoms with van der Waals surface area (Å²) >= 11 is 0. The second kappa shape index (κ2) is 5.70. The van der Waals surface area contributed by atoms with Crippen molar-refractivity contribution in [2.45, 2.75) is 44.2 Å². The summed E-state index contributed by atoms with van der Waals surface area (Å²) in [6.45, 7) is 4.53. The molecule has 0 radical (unpaired) electrons. The molecule has 0 amide bonds. The van der Waals surface area contributed by atoms with Crippen molar-refractivity contribution in [3.63, 3.8) is 0 Å². The van der Waals surface area contributed by atoms with Gasteiger partial charge in [0.25, 0.3) is 0 Å². The predicted octanol–water partition coefficient (Wildman–Crippen LogP) is 2.98. The molecule has 3 nitrogen and oxygen atoms in total. The second-order valence-corrected chi connectivity index (χ2v) is 5.94. The van der Waals surface area contributed by atoms with E-state index in [4.69, 9.17) is 9.47 Å². The number of rotatable bonds is 3. The van der Waals surface area contributed by atoms with E-state index in [1.807, 2.05) is 6.07 Å². The Kier molecular flexibility index (Phi) is 3.94. The van der Waals surface area contributed by atoms with E-state index in [2.05, 4.69) is 12.2 Å². The molecule has 0 saturated carbocycles. The van der Waals surface area contributed by atoms with Gasteiger partial charge >= 0.3 is 0 Å². The van der Waals surface area contributed by atoms with Crippen LogP contribution in [0.2, 0.25) is 0 Å². The van der Waals surface area contributed by atoms with Crippen LogP contribution in [0, 0.1) is 5.82 Å². The Morgan fingerprint density at radius 2 is 2.15 bits per heavy atom. The van der Waals surface area contributed by atoms with Crippen molar-refractivity contribution in [1.82, 2.24) is 5.32 Å². The lowest BCUT2D eigenvalue weighted by Crippen LogP contribution is -2.33. The van der Waals surface area contributed by atoms with Crippen LogP contribution in [0.5, 0.6) is 5.75 Å². The summed E-state index contributed by atoms with van der Waals surface area (Å²) in [6.07, 6.45) is 3.93. The zero-order valence-corrected chi connectivity index (χ0v) is 12.0. The molecule has 2 aliphatic heterocycles. The smallest absolute Gasteiger partial charge is 0.165 e. The Morgan fingerprint density at radius 1 is 1.35 bits per heavy atom. The molecular formula is C16H22FNO2. The number of ether oxygens (including phenoxy) is 2. The van der Waals surface area contributed by atoms with Crippen LogP contribution in [-0.4, -0.2) is 25.9 Å². The van der Waals surface area contributed by atoms with Gasteiger partial charge in [0, 0.05) is 18.4 Å². The molecule has 2 saturated heterocycles. The van der Waals surface area contributed by atoms with Crippen LogP contribution in [0.1, 0.15) is 38.2 Å². The van der Waals surface area contributed by atoms with E-state index in [0.29, 0.717) is 19.0 Å². The average Bonchev–Trinajstić information content (AvgIpc) is 2.90. The van der Waals surface area contributed by atoms with E-state index in [9.17, 15) is 4.39 Å². The van der Waals surface area contributed by atoms with Crippen molar-refractivity contribution < 1.29 is 13.9 Å². The van der Waals surface area contributed by atoms with E-state index in [1.54, 1.807) is 12.1 Å². The SMILES string of the molecule is CC1(c2ccc(OC3CCOCC3)c(F)c2)CCCN1. The lowest BCUT2D eigenvalue weighted by molar-refractivity contribution is 0.0240. The quantitative estimate of drug-likeness (QED) is 0.922. The maximum absolute atomic E-state index is 14.2. The highest BCUT2D eigenvalue weighted by Crippen LogP contribution is 2.33. The molecule has 1 atom stereocenters. The van der Waals surface area contributed by atoms with Crippen LogP contribution in [-0.2, 0) is 10.3 Å². The van der Waals surface area contributed by atoms with Crippen molar-refractivity contribution in [1.29, 1.82) is 0 Å². The average molecular weight is 279 g/mol. The Balaban J connectivity index is 1.73. The van der Waals surface area contributed by atoms with Gasteiger partial charge in [-0.25, -0.2) is 4.39 Å². The Bertz CT molecular complexity index is 466. The molecule has 1 N–H and O–H groups in total. The minimum absolute atomic E-state index is 0.0734. The first-order valence-electron chi connectivity index (χ1n) is 7.47. The molecule has 0 aliphatic carbocycles. The van der Waals surface area contributed by atoms with E-state index in [1.165, 1.54) is 0 Å². The highest BCUT2D eigenvalue weighted by Gasteiger charge is 2.30. The number of benzene rings is 1. The summed E-state index contributed by atoms with van der Waals surface area (Å²) in [5.41, 5.74) is 0.907. The Labute approximate surface area is 119 Å². The molecule has 0 aromatic heterocycles. The van der Waals surface area contributed by atoms with Gasteiger partial charge in [-0.3, -0.25) is 0 Å². The minimum atomic E-state index is -0.260. The predicted molar refractivity (Wildman–Crippen MR) is 75.5 cm³/mol. The van der Waals surface area contributed by atoms with Gasteiger partial charge in [0.15, 0.2) is 11.6 Å². The number of nitrogens with one attached hydrogen (secondary N) is 1. The van der Waals surface area contributed by atoms with Crippen molar-refractivity contribution in [3.05, 3.63) is 29.6 Å².